The van der Waals surface area contributed by atoms with Crippen molar-refractivity contribution in [3.63, 3.8) is 0 Å². The highest BCUT2D eigenvalue weighted by Crippen LogP contribution is 2.30. The molecule has 0 fully saturated rings. The molecule has 2 aromatic rings. The summed E-state index contributed by atoms with van der Waals surface area (Å²) >= 11 is 0. The highest BCUT2D eigenvalue weighted by atomic mass is 19.4. The molecule has 0 aliphatic heterocycles. The van der Waals surface area contributed by atoms with Gasteiger partial charge < -0.3 is 4.84 Å². The van der Waals surface area contributed by atoms with E-state index in [1.54, 1.807) is 0 Å². The molecule has 2 aromatic carbocycles. The standard InChI is InChI=1S/C21H23F3NO/c1-13(2)16-10-17(14(3)4)12-18(11-16)20(25-26-5)15-6-8-19(9-7-15)21(22,23)24/h6-9,11-14H,1-5H3/b25-20-. The Morgan fingerprint density at radius 3 is 1.81 bits per heavy atom. The van der Waals surface area contributed by atoms with Crippen molar-refractivity contribution in [2.45, 2.75) is 45.7 Å². The highest BCUT2D eigenvalue weighted by molar-refractivity contribution is 6.12. The van der Waals surface area contributed by atoms with E-state index in [2.05, 4.69) is 38.9 Å². The Morgan fingerprint density at radius 2 is 1.42 bits per heavy atom. The van der Waals surface area contributed by atoms with Gasteiger partial charge in [0.1, 0.15) is 12.8 Å². The molecule has 26 heavy (non-hydrogen) atoms. The van der Waals surface area contributed by atoms with Crippen LogP contribution in [-0.4, -0.2) is 12.8 Å². The van der Waals surface area contributed by atoms with E-state index in [0.29, 0.717) is 11.3 Å². The minimum atomic E-state index is -4.37. The molecule has 2 nitrogen and oxygen atoms in total. The summed E-state index contributed by atoms with van der Waals surface area (Å²) in [6.07, 6.45) is -4.37. The maximum Gasteiger partial charge on any atom is 0.416 e. The van der Waals surface area contributed by atoms with E-state index in [-0.39, 0.29) is 11.8 Å². The Hall–Kier alpha value is -2.30. The van der Waals surface area contributed by atoms with Crippen LogP contribution in [0.15, 0.2) is 41.6 Å². The minimum Gasteiger partial charge on any atom is -0.399 e. The largest absolute Gasteiger partial charge is 0.416 e. The topological polar surface area (TPSA) is 21.6 Å². The third kappa shape index (κ3) is 4.65. The Labute approximate surface area is 152 Å². The number of alkyl halides is 3. The molecule has 0 N–H and O–H groups in total. The number of oxime groups is 1. The smallest absolute Gasteiger partial charge is 0.399 e. The predicted octanol–water partition coefficient (Wildman–Crippen LogP) is 6.15. The summed E-state index contributed by atoms with van der Waals surface area (Å²) in [6, 6.07) is 12.3. The van der Waals surface area contributed by atoms with E-state index in [1.165, 1.54) is 19.2 Å². The van der Waals surface area contributed by atoms with E-state index in [1.807, 2.05) is 12.1 Å². The van der Waals surface area contributed by atoms with Gasteiger partial charge in [-0.2, -0.15) is 13.2 Å². The Bertz CT molecular complexity index is 749. The molecule has 0 heterocycles. The molecule has 0 atom stereocenters. The average Bonchev–Trinajstić information content (AvgIpc) is 2.58. The van der Waals surface area contributed by atoms with E-state index in [9.17, 15) is 13.2 Å². The quantitative estimate of drug-likeness (QED) is 0.462. The van der Waals surface area contributed by atoms with E-state index in [4.69, 9.17) is 4.84 Å². The molecule has 0 bridgehead atoms. The van der Waals surface area contributed by atoms with Crippen molar-refractivity contribution < 1.29 is 18.0 Å². The van der Waals surface area contributed by atoms with Crippen LogP contribution in [0.4, 0.5) is 13.2 Å². The van der Waals surface area contributed by atoms with Crippen LogP contribution >= 0.6 is 0 Å². The molecule has 0 spiro atoms. The van der Waals surface area contributed by atoms with Crippen LogP contribution in [0.2, 0.25) is 0 Å². The number of benzene rings is 2. The van der Waals surface area contributed by atoms with Gasteiger partial charge in [-0.3, -0.25) is 0 Å². The Balaban J connectivity index is 2.56. The maximum absolute atomic E-state index is 12.8. The van der Waals surface area contributed by atoms with Gasteiger partial charge in [-0.15, -0.1) is 0 Å². The molecule has 5 heteroatoms. The normalized spacial score (nSPS) is 12.8. The second kappa shape index (κ2) is 7.94. The van der Waals surface area contributed by atoms with Gasteiger partial charge in [0.05, 0.1) is 5.56 Å². The molecule has 139 valence electrons. The predicted molar refractivity (Wildman–Crippen MR) is 97.5 cm³/mol. The second-order valence-electron chi connectivity index (χ2n) is 6.79. The van der Waals surface area contributed by atoms with Gasteiger partial charge >= 0.3 is 6.18 Å². The summed E-state index contributed by atoms with van der Waals surface area (Å²) in [5.74, 6) is 0.535. The van der Waals surface area contributed by atoms with E-state index < -0.39 is 11.7 Å². The number of hydrogen-bond acceptors (Lipinski definition) is 2. The van der Waals surface area contributed by atoms with E-state index >= 15 is 0 Å². The monoisotopic (exact) mass is 362 g/mol. The van der Waals surface area contributed by atoms with Crippen molar-refractivity contribution >= 4 is 5.71 Å². The molecule has 0 saturated heterocycles. The molecule has 0 aromatic heterocycles. The first kappa shape index (κ1) is 20.0. The maximum atomic E-state index is 12.8. The lowest BCUT2D eigenvalue weighted by Crippen LogP contribution is -2.09. The van der Waals surface area contributed by atoms with Crippen LogP contribution in [0.3, 0.4) is 0 Å². The first-order chi connectivity index (χ1) is 12.1. The van der Waals surface area contributed by atoms with Gasteiger partial charge in [0.25, 0.3) is 0 Å². The molecule has 0 aliphatic carbocycles. The van der Waals surface area contributed by atoms with Crippen molar-refractivity contribution in [2.75, 3.05) is 7.11 Å². The summed E-state index contributed by atoms with van der Waals surface area (Å²) < 4.78 is 38.4. The number of hydrogen-bond donors (Lipinski definition) is 0. The average molecular weight is 362 g/mol. The first-order valence-corrected chi connectivity index (χ1v) is 8.49. The molecule has 0 amide bonds. The minimum absolute atomic E-state index is 0.267. The van der Waals surface area contributed by atoms with Crippen molar-refractivity contribution in [3.05, 3.63) is 70.3 Å². The fourth-order valence-corrected chi connectivity index (χ4v) is 2.55. The summed E-state index contributed by atoms with van der Waals surface area (Å²) in [4.78, 5) is 4.97. The highest BCUT2D eigenvalue weighted by Gasteiger charge is 2.30. The SMILES string of the molecule is CO/N=C(/c1ccc(C(F)(F)F)cc1)c1cc(C(C)C)[c]c(C(C)C)c1. The van der Waals surface area contributed by atoms with Crippen LogP contribution in [0.25, 0.3) is 0 Å². The van der Waals surface area contributed by atoms with Gasteiger partial charge in [0.2, 0.25) is 0 Å². The number of nitrogens with zero attached hydrogens (tertiary/aromatic N) is 1. The lowest BCUT2D eigenvalue weighted by Gasteiger charge is -2.15. The molecular formula is C21H23F3NO. The summed E-state index contributed by atoms with van der Waals surface area (Å²) in [7, 11) is 1.42. The van der Waals surface area contributed by atoms with Crippen molar-refractivity contribution in [2.24, 2.45) is 5.16 Å². The van der Waals surface area contributed by atoms with Crippen molar-refractivity contribution in [1.82, 2.24) is 0 Å². The summed E-state index contributed by atoms with van der Waals surface area (Å²) in [5.41, 5.74) is 3.24. The Kier molecular flexibility index (Phi) is 6.11. The van der Waals surface area contributed by atoms with Gasteiger partial charge in [-0.25, -0.2) is 0 Å². The van der Waals surface area contributed by atoms with Crippen LogP contribution in [0.5, 0.6) is 0 Å². The zero-order valence-corrected chi connectivity index (χ0v) is 15.6. The molecule has 0 saturated carbocycles. The van der Waals surface area contributed by atoms with Gasteiger partial charge in [-0.05, 0) is 53.3 Å². The molecular weight excluding hydrogens is 339 g/mol. The van der Waals surface area contributed by atoms with Crippen LogP contribution in [0.1, 0.15) is 67.3 Å². The van der Waals surface area contributed by atoms with Crippen molar-refractivity contribution in [1.29, 1.82) is 0 Å². The molecule has 0 aliphatic rings. The van der Waals surface area contributed by atoms with Crippen LogP contribution < -0.4 is 0 Å². The molecule has 0 unspecified atom stereocenters. The number of rotatable bonds is 5. The summed E-state index contributed by atoms with van der Waals surface area (Å²) in [6.45, 7) is 8.30. The Morgan fingerprint density at radius 1 is 0.923 bits per heavy atom. The fraction of sp³-hybridized carbons (Fsp3) is 0.381. The molecule has 2 rings (SSSR count). The number of halogens is 3. The molecule has 1 radical (unpaired) electrons. The van der Waals surface area contributed by atoms with Gasteiger partial charge in [0.15, 0.2) is 0 Å². The van der Waals surface area contributed by atoms with Gasteiger partial charge in [0, 0.05) is 11.1 Å². The van der Waals surface area contributed by atoms with Crippen LogP contribution in [0, 0.1) is 6.07 Å². The van der Waals surface area contributed by atoms with Crippen molar-refractivity contribution in [3.8, 4) is 0 Å². The van der Waals surface area contributed by atoms with Gasteiger partial charge in [-0.1, -0.05) is 45.0 Å². The first-order valence-electron chi connectivity index (χ1n) is 8.49. The third-order valence-electron chi connectivity index (χ3n) is 4.10. The zero-order chi connectivity index (χ0) is 19.5. The fourth-order valence-electron chi connectivity index (χ4n) is 2.55. The third-order valence-corrected chi connectivity index (χ3v) is 4.10. The zero-order valence-electron chi connectivity index (χ0n) is 15.6. The summed E-state index contributed by atoms with van der Waals surface area (Å²) in [5, 5.41) is 4.08. The lowest BCUT2D eigenvalue weighted by molar-refractivity contribution is -0.137. The second-order valence-corrected chi connectivity index (χ2v) is 6.79. The lowest BCUT2D eigenvalue weighted by atomic mass is 9.90. The van der Waals surface area contributed by atoms with E-state index in [0.717, 1.165) is 28.8 Å². The van der Waals surface area contributed by atoms with Crippen LogP contribution in [-0.2, 0) is 11.0 Å².